The van der Waals surface area contributed by atoms with Crippen LogP contribution in [0.15, 0.2) is 28.9 Å². The van der Waals surface area contributed by atoms with E-state index >= 15 is 0 Å². The lowest BCUT2D eigenvalue weighted by atomic mass is 9.92. The second kappa shape index (κ2) is 3.11. The molecule has 0 fully saturated rings. The number of rotatable bonds is 2. The van der Waals surface area contributed by atoms with E-state index in [4.69, 9.17) is 5.73 Å². The Hall–Kier alpha value is -1.09. The first-order valence-corrected chi connectivity index (χ1v) is 4.28. The zero-order chi connectivity index (χ0) is 8.39. The van der Waals surface area contributed by atoms with Crippen molar-refractivity contribution in [3.63, 3.8) is 0 Å². The Morgan fingerprint density at radius 3 is 3.33 bits per heavy atom. The van der Waals surface area contributed by atoms with Crippen LogP contribution in [-0.2, 0) is 0 Å². The summed E-state index contributed by atoms with van der Waals surface area (Å²) in [5, 5.41) is 4.02. The maximum absolute atomic E-state index is 5.47. The van der Waals surface area contributed by atoms with E-state index in [1.165, 1.54) is 5.57 Å². The van der Waals surface area contributed by atoms with Crippen LogP contribution in [0, 0.1) is 5.92 Å². The van der Waals surface area contributed by atoms with Gasteiger partial charge in [0.25, 0.3) is 0 Å². The fraction of sp³-hybridized carbons (Fsp3) is 0.444. The van der Waals surface area contributed by atoms with Crippen molar-refractivity contribution in [2.45, 2.75) is 12.5 Å². The Kier molecular flexibility index (Phi) is 1.96. The number of hydrazone groups is 1. The maximum Gasteiger partial charge on any atom is 0.0736 e. The van der Waals surface area contributed by atoms with Crippen LogP contribution in [0.5, 0.6) is 0 Å². The molecule has 2 atom stereocenters. The van der Waals surface area contributed by atoms with Gasteiger partial charge in [-0.1, -0.05) is 23.8 Å². The second-order valence-electron chi connectivity index (χ2n) is 3.15. The van der Waals surface area contributed by atoms with Gasteiger partial charge in [0.2, 0.25) is 0 Å². The highest BCUT2D eigenvalue weighted by atomic mass is 15.3. The summed E-state index contributed by atoms with van der Waals surface area (Å²) in [6.07, 6.45) is 9.44. The lowest BCUT2D eigenvalue weighted by Gasteiger charge is -2.16. The molecule has 3 N–H and O–H groups in total. The number of fused-ring (bicyclic) bond motifs is 1. The fourth-order valence-electron chi connectivity index (χ4n) is 1.58. The monoisotopic (exact) mass is 163 g/mol. The van der Waals surface area contributed by atoms with Gasteiger partial charge in [0.15, 0.2) is 0 Å². The van der Waals surface area contributed by atoms with E-state index in [1.54, 1.807) is 0 Å². The van der Waals surface area contributed by atoms with Gasteiger partial charge in [0.1, 0.15) is 0 Å². The van der Waals surface area contributed by atoms with Crippen LogP contribution in [0.2, 0.25) is 0 Å². The lowest BCUT2D eigenvalue weighted by Crippen LogP contribution is -2.26. The first-order valence-electron chi connectivity index (χ1n) is 4.28. The number of nitrogens with zero attached hydrogens (tertiary/aromatic N) is 1. The fourth-order valence-corrected chi connectivity index (χ4v) is 1.58. The van der Waals surface area contributed by atoms with Gasteiger partial charge in [-0.25, -0.2) is 0 Å². The smallest absolute Gasteiger partial charge is 0.0736 e. The molecule has 3 heteroatoms. The van der Waals surface area contributed by atoms with Crippen LogP contribution >= 0.6 is 0 Å². The standard InChI is InChI=1S/C9H13N3/c10-4-3-7-1-2-9-8(5-7)6-11-12-9/h1-2,5-6,8-9,12H,3-4,10H2. The molecule has 0 bridgehead atoms. The highest BCUT2D eigenvalue weighted by molar-refractivity contribution is 5.68. The van der Waals surface area contributed by atoms with Gasteiger partial charge in [-0.05, 0) is 13.0 Å². The Balaban J connectivity index is 2.09. The summed E-state index contributed by atoms with van der Waals surface area (Å²) < 4.78 is 0. The highest BCUT2D eigenvalue weighted by Gasteiger charge is 2.21. The zero-order valence-electron chi connectivity index (χ0n) is 6.90. The molecule has 0 saturated carbocycles. The van der Waals surface area contributed by atoms with Crippen molar-refractivity contribution >= 4 is 6.21 Å². The van der Waals surface area contributed by atoms with Gasteiger partial charge in [0, 0.05) is 12.1 Å². The van der Waals surface area contributed by atoms with E-state index < -0.39 is 0 Å². The molecule has 2 unspecified atom stereocenters. The Bertz CT molecular complexity index is 252. The molecular weight excluding hydrogens is 150 g/mol. The third kappa shape index (κ3) is 1.28. The van der Waals surface area contributed by atoms with Crippen LogP contribution in [0.25, 0.3) is 0 Å². The van der Waals surface area contributed by atoms with Crippen molar-refractivity contribution in [3.05, 3.63) is 23.8 Å². The molecule has 2 aliphatic rings. The summed E-state index contributed by atoms with van der Waals surface area (Å²) in [7, 11) is 0. The SMILES string of the molecule is NCCC1=CC2C=NNC2C=C1. The molecule has 3 nitrogen and oxygen atoms in total. The molecule has 0 aromatic heterocycles. The van der Waals surface area contributed by atoms with Crippen LogP contribution in [-0.4, -0.2) is 18.8 Å². The van der Waals surface area contributed by atoms with E-state index in [2.05, 4.69) is 28.8 Å². The molecule has 1 aliphatic carbocycles. The predicted octanol–water partition coefficient (Wildman–Crippen LogP) is 0.405. The van der Waals surface area contributed by atoms with Gasteiger partial charge in [-0.15, -0.1) is 0 Å². The van der Waals surface area contributed by atoms with Gasteiger partial charge in [-0.3, -0.25) is 0 Å². The first-order chi connectivity index (χ1) is 5.90. The molecule has 0 aromatic carbocycles. The topological polar surface area (TPSA) is 50.4 Å². The number of nitrogens with one attached hydrogen (secondary N) is 1. The van der Waals surface area contributed by atoms with E-state index in [9.17, 15) is 0 Å². The Morgan fingerprint density at radius 2 is 2.50 bits per heavy atom. The van der Waals surface area contributed by atoms with E-state index in [1.807, 2.05) is 6.21 Å². The summed E-state index contributed by atoms with van der Waals surface area (Å²) >= 11 is 0. The van der Waals surface area contributed by atoms with Gasteiger partial charge in [-0.2, -0.15) is 5.10 Å². The maximum atomic E-state index is 5.47. The molecule has 0 saturated heterocycles. The summed E-state index contributed by atoms with van der Waals surface area (Å²) in [6, 6.07) is 0.381. The summed E-state index contributed by atoms with van der Waals surface area (Å²) in [4.78, 5) is 0. The van der Waals surface area contributed by atoms with Crippen LogP contribution in [0.4, 0.5) is 0 Å². The molecule has 1 heterocycles. The predicted molar refractivity (Wildman–Crippen MR) is 49.8 cm³/mol. The van der Waals surface area contributed by atoms with Crippen molar-refractivity contribution in [3.8, 4) is 0 Å². The Labute approximate surface area is 72.0 Å². The quantitative estimate of drug-likeness (QED) is 0.619. The van der Waals surface area contributed by atoms with Crippen LogP contribution in [0.3, 0.4) is 0 Å². The third-order valence-electron chi connectivity index (χ3n) is 2.24. The molecule has 12 heavy (non-hydrogen) atoms. The van der Waals surface area contributed by atoms with Gasteiger partial charge < -0.3 is 11.2 Å². The number of nitrogens with two attached hydrogens (primary N) is 1. The van der Waals surface area contributed by atoms with Crippen molar-refractivity contribution in [1.29, 1.82) is 0 Å². The summed E-state index contributed by atoms with van der Waals surface area (Å²) in [5.41, 5.74) is 9.83. The zero-order valence-corrected chi connectivity index (χ0v) is 6.90. The number of hydrogen-bond acceptors (Lipinski definition) is 3. The summed E-state index contributed by atoms with van der Waals surface area (Å²) in [6.45, 7) is 0.720. The largest absolute Gasteiger partial charge is 0.330 e. The molecule has 64 valence electrons. The van der Waals surface area contributed by atoms with E-state index in [0.717, 1.165) is 13.0 Å². The third-order valence-corrected chi connectivity index (χ3v) is 2.24. The highest BCUT2D eigenvalue weighted by Crippen LogP contribution is 2.20. The van der Waals surface area contributed by atoms with Gasteiger partial charge >= 0.3 is 0 Å². The van der Waals surface area contributed by atoms with E-state index in [0.29, 0.717) is 12.0 Å². The molecule has 2 rings (SSSR count). The minimum atomic E-state index is 0.381. The Morgan fingerprint density at radius 1 is 1.58 bits per heavy atom. The molecule has 1 aliphatic heterocycles. The minimum absolute atomic E-state index is 0.381. The second-order valence-corrected chi connectivity index (χ2v) is 3.15. The summed E-state index contributed by atoms with van der Waals surface area (Å²) in [5.74, 6) is 0.441. The molecule has 0 spiro atoms. The van der Waals surface area contributed by atoms with Crippen molar-refractivity contribution in [1.82, 2.24) is 5.43 Å². The average molecular weight is 163 g/mol. The van der Waals surface area contributed by atoms with Crippen LogP contribution < -0.4 is 11.2 Å². The molecular formula is C9H13N3. The van der Waals surface area contributed by atoms with Crippen molar-refractivity contribution in [2.75, 3.05) is 6.54 Å². The average Bonchev–Trinajstić information content (AvgIpc) is 2.51. The van der Waals surface area contributed by atoms with Crippen molar-refractivity contribution < 1.29 is 0 Å². The first kappa shape index (κ1) is 7.55. The molecule has 0 amide bonds. The minimum Gasteiger partial charge on any atom is -0.330 e. The molecule has 0 aromatic rings. The van der Waals surface area contributed by atoms with Crippen LogP contribution in [0.1, 0.15) is 6.42 Å². The van der Waals surface area contributed by atoms with E-state index in [-0.39, 0.29) is 0 Å². The normalized spacial score (nSPS) is 31.2. The number of allylic oxidation sites excluding steroid dienone is 1. The van der Waals surface area contributed by atoms with Gasteiger partial charge in [0.05, 0.1) is 6.04 Å². The number of hydrogen-bond donors (Lipinski definition) is 2. The lowest BCUT2D eigenvalue weighted by molar-refractivity contribution is 0.617. The van der Waals surface area contributed by atoms with Crippen molar-refractivity contribution in [2.24, 2.45) is 16.8 Å². The molecule has 0 radical (unpaired) electrons.